The van der Waals surface area contributed by atoms with E-state index in [1.54, 1.807) is 32.0 Å². The lowest BCUT2D eigenvalue weighted by atomic mass is 10.00. The molecule has 0 saturated heterocycles. The largest absolute Gasteiger partial charge is 0.348 e. The standard InChI is InChI=1S/C21H27ClN2O3S/c1-13-7-8-14(2)19(11-13)16(4)23-21(25)17(5)24(28(6,26)27)20-12-18(22)10-9-15(20)3/h7-12,16-17H,1-6H3,(H,23,25)/t16-,17-/m0/s1. The molecule has 0 spiro atoms. The molecule has 1 N–H and O–H groups in total. The number of anilines is 1. The van der Waals surface area contributed by atoms with Crippen LogP contribution in [0, 0.1) is 20.8 Å². The summed E-state index contributed by atoms with van der Waals surface area (Å²) in [4.78, 5) is 12.9. The molecule has 2 aromatic rings. The molecule has 5 nitrogen and oxygen atoms in total. The SMILES string of the molecule is Cc1ccc(C)c([C@H](C)NC(=O)[C@H](C)N(c2cc(Cl)ccc2C)S(C)(=O)=O)c1. The summed E-state index contributed by atoms with van der Waals surface area (Å²) < 4.78 is 26.1. The predicted molar refractivity (Wildman–Crippen MR) is 115 cm³/mol. The highest BCUT2D eigenvalue weighted by molar-refractivity contribution is 7.92. The number of hydrogen-bond acceptors (Lipinski definition) is 3. The van der Waals surface area contributed by atoms with Gasteiger partial charge in [0.25, 0.3) is 0 Å². The number of aryl methyl sites for hydroxylation is 3. The van der Waals surface area contributed by atoms with Crippen molar-refractivity contribution in [3.8, 4) is 0 Å². The van der Waals surface area contributed by atoms with Crippen LogP contribution in [0.25, 0.3) is 0 Å². The first-order valence-corrected chi connectivity index (χ1v) is 11.3. The minimum atomic E-state index is -3.70. The fraction of sp³-hybridized carbons (Fsp3) is 0.381. The molecule has 0 saturated carbocycles. The zero-order valence-corrected chi connectivity index (χ0v) is 18.6. The van der Waals surface area contributed by atoms with Gasteiger partial charge in [-0.3, -0.25) is 9.10 Å². The van der Waals surface area contributed by atoms with Crippen LogP contribution in [0.15, 0.2) is 36.4 Å². The number of hydrogen-bond donors (Lipinski definition) is 1. The van der Waals surface area contributed by atoms with Crippen LogP contribution in [0.2, 0.25) is 5.02 Å². The zero-order valence-electron chi connectivity index (χ0n) is 17.1. The van der Waals surface area contributed by atoms with Crippen molar-refractivity contribution < 1.29 is 13.2 Å². The van der Waals surface area contributed by atoms with E-state index in [-0.39, 0.29) is 11.9 Å². The molecule has 0 aliphatic rings. The average molecular weight is 423 g/mol. The minimum absolute atomic E-state index is 0.253. The van der Waals surface area contributed by atoms with Crippen LogP contribution in [0.4, 0.5) is 5.69 Å². The molecule has 0 aromatic heterocycles. The van der Waals surface area contributed by atoms with E-state index in [1.807, 2.05) is 39.0 Å². The van der Waals surface area contributed by atoms with Crippen molar-refractivity contribution in [1.82, 2.24) is 5.32 Å². The van der Waals surface area contributed by atoms with Crippen molar-refractivity contribution in [3.05, 3.63) is 63.7 Å². The third-order valence-electron chi connectivity index (χ3n) is 4.76. The van der Waals surface area contributed by atoms with Crippen LogP contribution < -0.4 is 9.62 Å². The smallest absolute Gasteiger partial charge is 0.244 e. The number of sulfonamides is 1. The minimum Gasteiger partial charge on any atom is -0.348 e. The molecule has 0 fully saturated rings. The Hall–Kier alpha value is -2.05. The Bertz CT molecular complexity index is 989. The monoisotopic (exact) mass is 422 g/mol. The van der Waals surface area contributed by atoms with E-state index in [2.05, 4.69) is 5.32 Å². The van der Waals surface area contributed by atoms with Gasteiger partial charge >= 0.3 is 0 Å². The summed E-state index contributed by atoms with van der Waals surface area (Å²) in [7, 11) is -3.70. The molecule has 7 heteroatoms. The normalized spacial score (nSPS) is 13.7. The number of carbonyl (C=O) groups is 1. The van der Waals surface area contributed by atoms with Crippen LogP contribution in [-0.2, 0) is 14.8 Å². The highest BCUT2D eigenvalue weighted by Gasteiger charge is 2.31. The summed E-state index contributed by atoms with van der Waals surface area (Å²) in [6.45, 7) is 9.23. The second kappa shape index (κ2) is 8.53. The summed E-state index contributed by atoms with van der Waals surface area (Å²) in [6.07, 6.45) is 1.09. The van der Waals surface area contributed by atoms with Crippen LogP contribution in [0.1, 0.15) is 42.1 Å². The number of nitrogens with zero attached hydrogens (tertiary/aromatic N) is 1. The fourth-order valence-electron chi connectivity index (χ4n) is 3.24. The second-order valence-electron chi connectivity index (χ2n) is 7.26. The number of rotatable bonds is 6. The van der Waals surface area contributed by atoms with Crippen molar-refractivity contribution in [2.75, 3.05) is 10.6 Å². The van der Waals surface area contributed by atoms with Gasteiger partial charge < -0.3 is 5.32 Å². The zero-order chi connectivity index (χ0) is 21.2. The van der Waals surface area contributed by atoms with Crippen molar-refractivity contribution in [3.63, 3.8) is 0 Å². The van der Waals surface area contributed by atoms with Crippen molar-refractivity contribution in [1.29, 1.82) is 0 Å². The van der Waals surface area contributed by atoms with E-state index in [1.165, 1.54) is 0 Å². The summed E-state index contributed by atoms with van der Waals surface area (Å²) in [5.74, 6) is -0.377. The van der Waals surface area contributed by atoms with Gasteiger partial charge in [-0.05, 0) is 63.4 Å². The van der Waals surface area contributed by atoms with E-state index in [4.69, 9.17) is 11.6 Å². The van der Waals surface area contributed by atoms with Gasteiger partial charge in [-0.25, -0.2) is 8.42 Å². The predicted octanol–water partition coefficient (Wildman–Crippen LogP) is 4.30. The topological polar surface area (TPSA) is 66.5 Å². The van der Waals surface area contributed by atoms with Gasteiger partial charge in [0.2, 0.25) is 15.9 Å². The number of nitrogens with one attached hydrogen (secondary N) is 1. The Morgan fingerprint density at radius 2 is 1.64 bits per heavy atom. The maximum atomic E-state index is 12.9. The lowest BCUT2D eigenvalue weighted by molar-refractivity contribution is -0.122. The Balaban J connectivity index is 2.34. The lowest BCUT2D eigenvalue weighted by Crippen LogP contribution is -2.48. The number of benzene rings is 2. The molecule has 2 rings (SSSR count). The van der Waals surface area contributed by atoms with Gasteiger partial charge in [-0.1, -0.05) is 41.4 Å². The molecular formula is C21H27ClN2O3S. The molecule has 2 aromatic carbocycles. The number of halogens is 1. The van der Waals surface area contributed by atoms with Crippen LogP contribution in [0.3, 0.4) is 0 Å². The molecule has 152 valence electrons. The Morgan fingerprint density at radius 1 is 1.04 bits per heavy atom. The summed E-state index contributed by atoms with van der Waals surface area (Å²) in [5.41, 5.74) is 4.29. The van der Waals surface area contributed by atoms with Gasteiger partial charge in [-0.15, -0.1) is 0 Å². The van der Waals surface area contributed by atoms with Gasteiger partial charge in [0, 0.05) is 5.02 Å². The van der Waals surface area contributed by atoms with E-state index in [9.17, 15) is 13.2 Å². The first-order valence-electron chi connectivity index (χ1n) is 9.05. The Labute approximate surface area is 172 Å². The van der Waals surface area contributed by atoms with Gasteiger partial charge in [0.05, 0.1) is 18.0 Å². The van der Waals surface area contributed by atoms with Gasteiger partial charge in [0.1, 0.15) is 6.04 Å². The first kappa shape index (κ1) is 22.2. The third kappa shape index (κ3) is 5.06. The van der Waals surface area contributed by atoms with E-state index in [0.717, 1.165) is 32.8 Å². The van der Waals surface area contributed by atoms with Crippen molar-refractivity contribution in [2.24, 2.45) is 0 Å². The molecule has 0 radical (unpaired) electrons. The maximum Gasteiger partial charge on any atom is 0.244 e. The highest BCUT2D eigenvalue weighted by atomic mass is 35.5. The quantitative estimate of drug-likeness (QED) is 0.754. The molecule has 0 bridgehead atoms. The Morgan fingerprint density at radius 3 is 2.25 bits per heavy atom. The van der Waals surface area contributed by atoms with Gasteiger partial charge in [-0.2, -0.15) is 0 Å². The third-order valence-corrected chi connectivity index (χ3v) is 6.22. The molecular weight excluding hydrogens is 396 g/mol. The molecule has 0 aliphatic heterocycles. The maximum absolute atomic E-state index is 12.9. The van der Waals surface area contributed by atoms with Gasteiger partial charge in [0.15, 0.2) is 0 Å². The van der Waals surface area contributed by atoms with E-state index >= 15 is 0 Å². The molecule has 28 heavy (non-hydrogen) atoms. The number of amides is 1. The number of carbonyl (C=O) groups excluding carboxylic acids is 1. The van der Waals surface area contributed by atoms with E-state index in [0.29, 0.717) is 10.7 Å². The molecule has 0 unspecified atom stereocenters. The summed E-state index contributed by atoms with van der Waals surface area (Å²) in [6, 6.07) is 9.86. The first-order chi connectivity index (χ1) is 12.9. The molecule has 0 aliphatic carbocycles. The van der Waals surface area contributed by atoms with Crippen LogP contribution in [0.5, 0.6) is 0 Å². The van der Waals surface area contributed by atoms with Crippen molar-refractivity contribution in [2.45, 2.75) is 46.7 Å². The molecule has 1 amide bonds. The molecule has 2 atom stereocenters. The van der Waals surface area contributed by atoms with Crippen molar-refractivity contribution >= 4 is 33.2 Å². The van der Waals surface area contributed by atoms with Crippen LogP contribution in [-0.4, -0.2) is 26.6 Å². The highest BCUT2D eigenvalue weighted by Crippen LogP contribution is 2.28. The second-order valence-corrected chi connectivity index (χ2v) is 9.55. The van der Waals surface area contributed by atoms with Crippen LogP contribution >= 0.6 is 11.6 Å². The fourth-order valence-corrected chi connectivity index (χ4v) is 4.63. The lowest BCUT2D eigenvalue weighted by Gasteiger charge is -2.30. The average Bonchev–Trinajstić information content (AvgIpc) is 2.58. The molecule has 0 heterocycles. The Kier molecular flexibility index (Phi) is 6.78. The van der Waals surface area contributed by atoms with E-state index < -0.39 is 16.1 Å². The summed E-state index contributed by atoms with van der Waals surface area (Å²) >= 11 is 6.07. The summed E-state index contributed by atoms with van der Waals surface area (Å²) in [5, 5.41) is 3.35.